The first-order valence-electron chi connectivity index (χ1n) is 7.53. The minimum atomic E-state index is -0.148. The number of methoxy groups -OCH3 is 1. The second kappa shape index (κ2) is 7.20. The lowest BCUT2D eigenvalue weighted by atomic mass is 9.94. The van der Waals surface area contributed by atoms with Crippen LogP contribution in [0.15, 0.2) is 36.4 Å². The second-order valence-electron chi connectivity index (χ2n) is 5.37. The van der Waals surface area contributed by atoms with E-state index in [2.05, 4.69) is 13.0 Å². The van der Waals surface area contributed by atoms with Crippen molar-refractivity contribution in [1.82, 2.24) is 0 Å². The quantitative estimate of drug-likeness (QED) is 0.778. The predicted octanol–water partition coefficient (Wildman–Crippen LogP) is 4.08. The molecule has 0 heterocycles. The highest BCUT2D eigenvalue weighted by Crippen LogP contribution is 2.40. The lowest BCUT2D eigenvalue weighted by Gasteiger charge is -2.14. The smallest absolute Gasteiger partial charge is 0.161 e. The number of aliphatic hydroxyl groups excluding tert-OH is 1. The number of rotatable bonds is 5. The molecule has 0 spiro atoms. The van der Waals surface area contributed by atoms with Crippen molar-refractivity contribution in [3.05, 3.63) is 47.5 Å². The Labute approximate surface area is 136 Å². The summed E-state index contributed by atoms with van der Waals surface area (Å²) in [6.45, 7) is 3.96. The molecule has 4 nitrogen and oxygen atoms in total. The van der Waals surface area contributed by atoms with Crippen LogP contribution in [0.3, 0.4) is 0 Å². The first kappa shape index (κ1) is 16.9. The molecule has 4 heteroatoms. The highest BCUT2D eigenvalue weighted by Gasteiger charge is 2.14. The molecule has 0 unspecified atom stereocenters. The fraction of sp³-hybridized carbons (Fsp3) is 0.263. The minimum absolute atomic E-state index is 0.0634. The van der Waals surface area contributed by atoms with Crippen LogP contribution >= 0.6 is 0 Å². The molecule has 3 N–H and O–H groups in total. The maximum atomic E-state index is 10.1. The Morgan fingerprint density at radius 3 is 2.43 bits per heavy atom. The molecule has 0 aliphatic rings. The van der Waals surface area contributed by atoms with Gasteiger partial charge in [0.05, 0.1) is 13.7 Å². The van der Waals surface area contributed by atoms with Crippen molar-refractivity contribution in [3.63, 3.8) is 0 Å². The van der Waals surface area contributed by atoms with E-state index in [1.54, 1.807) is 6.07 Å². The number of benzene rings is 2. The average molecular weight is 314 g/mol. The summed E-state index contributed by atoms with van der Waals surface area (Å²) in [7, 11) is 1.45. The monoisotopic (exact) mass is 314 g/mol. The molecule has 0 saturated heterocycles. The fourth-order valence-electron chi connectivity index (χ4n) is 2.59. The summed E-state index contributed by atoms with van der Waals surface area (Å²) >= 11 is 0. The van der Waals surface area contributed by atoms with Crippen molar-refractivity contribution in [2.24, 2.45) is 0 Å². The van der Waals surface area contributed by atoms with Crippen molar-refractivity contribution in [1.29, 1.82) is 0 Å². The first-order valence-corrected chi connectivity index (χ1v) is 7.53. The van der Waals surface area contributed by atoms with E-state index >= 15 is 0 Å². The number of hydrogen-bond acceptors (Lipinski definition) is 4. The molecule has 2 rings (SSSR count). The summed E-state index contributed by atoms with van der Waals surface area (Å²) in [6, 6.07) is 8.53. The van der Waals surface area contributed by atoms with Crippen LogP contribution in [0, 0.1) is 0 Å². The summed E-state index contributed by atoms with van der Waals surface area (Å²) < 4.78 is 5.10. The Balaban J connectivity index is 2.58. The summed E-state index contributed by atoms with van der Waals surface area (Å²) in [5.41, 5.74) is 4.09. The molecule has 122 valence electrons. The number of hydrogen-bond donors (Lipinski definition) is 3. The molecule has 0 aliphatic heterocycles. The van der Waals surface area contributed by atoms with Crippen molar-refractivity contribution in [3.8, 4) is 28.4 Å². The topological polar surface area (TPSA) is 69.9 Å². The van der Waals surface area contributed by atoms with Gasteiger partial charge in [0.1, 0.15) is 5.75 Å². The molecule has 0 aromatic heterocycles. The third-order valence-corrected chi connectivity index (χ3v) is 3.83. The van der Waals surface area contributed by atoms with E-state index in [1.807, 2.05) is 25.1 Å². The van der Waals surface area contributed by atoms with E-state index in [1.165, 1.54) is 13.2 Å². The van der Waals surface area contributed by atoms with Gasteiger partial charge in [0, 0.05) is 11.6 Å². The van der Waals surface area contributed by atoms with Gasteiger partial charge in [-0.2, -0.15) is 0 Å². The lowest BCUT2D eigenvalue weighted by molar-refractivity contribution is 0.282. The number of aliphatic hydroxyl groups is 1. The number of aromatic hydroxyl groups is 2. The molecule has 2 aromatic rings. The van der Waals surface area contributed by atoms with Gasteiger partial charge in [0.25, 0.3) is 0 Å². The summed E-state index contributed by atoms with van der Waals surface area (Å²) in [5.74, 6) is 0.0806. The Morgan fingerprint density at radius 1 is 1.09 bits per heavy atom. The Hall–Kier alpha value is -2.46. The zero-order chi connectivity index (χ0) is 17.0. The number of phenols is 2. The standard InChI is InChI=1S/C19H22O4/c1-4-5-12(2)13-6-7-15(14(8-13)11-20)16-9-19(23-3)18(22)10-17(16)21/h5-10,20-22H,4,11H2,1-3H3/b12-5-. The minimum Gasteiger partial charge on any atom is -0.507 e. The van der Waals surface area contributed by atoms with Gasteiger partial charge < -0.3 is 20.1 Å². The molecule has 0 saturated carbocycles. The van der Waals surface area contributed by atoms with Gasteiger partial charge in [-0.15, -0.1) is 0 Å². The average Bonchev–Trinajstić information content (AvgIpc) is 2.55. The van der Waals surface area contributed by atoms with E-state index < -0.39 is 0 Å². The van der Waals surface area contributed by atoms with Gasteiger partial charge in [-0.1, -0.05) is 25.1 Å². The maximum Gasteiger partial charge on any atom is 0.161 e. The van der Waals surface area contributed by atoms with Crippen LogP contribution in [0.1, 0.15) is 31.4 Å². The molecular weight excluding hydrogens is 292 g/mol. The Bertz CT molecular complexity index is 732. The molecule has 0 radical (unpaired) electrons. The van der Waals surface area contributed by atoms with Gasteiger partial charge in [0.2, 0.25) is 0 Å². The van der Waals surface area contributed by atoms with E-state index in [4.69, 9.17) is 4.74 Å². The highest BCUT2D eigenvalue weighted by molar-refractivity contribution is 5.78. The molecule has 0 atom stereocenters. The van der Waals surface area contributed by atoms with Crippen LogP contribution in [-0.2, 0) is 6.61 Å². The van der Waals surface area contributed by atoms with E-state index in [0.717, 1.165) is 17.6 Å². The molecule has 0 fully saturated rings. The Morgan fingerprint density at radius 2 is 1.83 bits per heavy atom. The van der Waals surface area contributed by atoms with Crippen LogP contribution in [0.5, 0.6) is 17.2 Å². The third-order valence-electron chi connectivity index (χ3n) is 3.83. The number of allylic oxidation sites excluding steroid dienone is 2. The lowest BCUT2D eigenvalue weighted by Crippen LogP contribution is -1.94. The number of phenolic OH excluding ortho intramolecular Hbond substituents is 2. The molecule has 0 amide bonds. The SMILES string of the molecule is CC/C=C(/C)c1ccc(-c2cc(OC)c(O)cc2O)c(CO)c1. The van der Waals surface area contributed by atoms with Crippen molar-refractivity contribution < 1.29 is 20.1 Å². The molecule has 0 bridgehead atoms. The fourth-order valence-corrected chi connectivity index (χ4v) is 2.59. The first-order chi connectivity index (χ1) is 11.0. The van der Waals surface area contributed by atoms with Gasteiger partial charge in [-0.05, 0) is 47.7 Å². The second-order valence-corrected chi connectivity index (χ2v) is 5.37. The van der Waals surface area contributed by atoms with Crippen molar-refractivity contribution in [2.75, 3.05) is 7.11 Å². The highest BCUT2D eigenvalue weighted by atomic mass is 16.5. The molecule has 0 aliphatic carbocycles. The van der Waals surface area contributed by atoms with Crippen LogP contribution in [-0.4, -0.2) is 22.4 Å². The van der Waals surface area contributed by atoms with Gasteiger partial charge in [-0.3, -0.25) is 0 Å². The number of ether oxygens (including phenoxy) is 1. The van der Waals surface area contributed by atoms with Crippen molar-refractivity contribution >= 4 is 5.57 Å². The zero-order valence-corrected chi connectivity index (χ0v) is 13.6. The zero-order valence-electron chi connectivity index (χ0n) is 13.6. The van der Waals surface area contributed by atoms with Gasteiger partial charge in [0.15, 0.2) is 11.5 Å². The summed E-state index contributed by atoms with van der Waals surface area (Å²) in [5, 5.41) is 29.6. The normalized spacial score (nSPS) is 11.6. The summed E-state index contributed by atoms with van der Waals surface area (Å²) in [4.78, 5) is 0. The van der Waals surface area contributed by atoms with Crippen LogP contribution < -0.4 is 4.74 Å². The van der Waals surface area contributed by atoms with E-state index in [9.17, 15) is 15.3 Å². The van der Waals surface area contributed by atoms with E-state index in [0.29, 0.717) is 16.7 Å². The van der Waals surface area contributed by atoms with Crippen LogP contribution in [0.25, 0.3) is 16.7 Å². The van der Waals surface area contributed by atoms with Crippen LogP contribution in [0.2, 0.25) is 0 Å². The third kappa shape index (κ3) is 3.48. The van der Waals surface area contributed by atoms with Gasteiger partial charge in [-0.25, -0.2) is 0 Å². The van der Waals surface area contributed by atoms with E-state index in [-0.39, 0.29) is 23.9 Å². The van der Waals surface area contributed by atoms with Crippen molar-refractivity contribution in [2.45, 2.75) is 26.9 Å². The maximum absolute atomic E-state index is 10.1. The van der Waals surface area contributed by atoms with Crippen LogP contribution in [0.4, 0.5) is 0 Å². The predicted molar refractivity (Wildman–Crippen MR) is 91.6 cm³/mol. The summed E-state index contributed by atoms with van der Waals surface area (Å²) in [6.07, 6.45) is 3.06. The Kier molecular flexibility index (Phi) is 5.29. The molecular formula is C19H22O4. The largest absolute Gasteiger partial charge is 0.507 e. The van der Waals surface area contributed by atoms with Gasteiger partial charge >= 0.3 is 0 Å². The molecule has 23 heavy (non-hydrogen) atoms. The molecule has 2 aromatic carbocycles.